The smallest absolute Gasteiger partial charge is 0.241 e. The van der Waals surface area contributed by atoms with Crippen LogP contribution in [0.2, 0.25) is 0 Å². The Hall–Kier alpha value is -1.11. The standard InChI is InChI=1S/C18H27NO4S/c1-22-14-9-7-13(8-10-14)19-24(20,21)18-12-11-17(23-2)15-5-3-4-6-16(15)18/h11-14,19H,3-10H2,1-2H3. The van der Waals surface area contributed by atoms with Crippen LogP contribution in [0.4, 0.5) is 0 Å². The van der Waals surface area contributed by atoms with Crippen LogP contribution >= 0.6 is 0 Å². The molecule has 0 amide bonds. The fourth-order valence-corrected chi connectivity index (χ4v) is 5.54. The number of methoxy groups -OCH3 is 2. The highest BCUT2D eigenvalue weighted by Crippen LogP contribution is 2.34. The van der Waals surface area contributed by atoms with Crippen molar-refractivity contribution in [2.24, 2.45) is 0 Å². The van der Waals surface area contributed by atoms with Gasteiger partial charge in [0, 0.05) is 13.2 Å². The van der Waals surface area contributed by atoms with Crippen LogP contribution in [-0.2, 0) is 27.6 Å². The summed E-state index contributed by atoms with van der Waals surface area (Å²) in [6.07, 6.45) is 7.55. The zero-order chi connectivity index (χ0) is 17.2. The summed E-state index contributed by atoms with van der Waals surface area (Å²) in [7, 11) is -0.132. The Balaban J connectivity index is 1.82. The van der Waals surface area contributed by atoms with Crippen molar-refractivity contribution in [1.29, 1.82) is 0 Å². The summed E-state index contributed by atoms with van der Waals surface area (Å²) in [6, 6.07) is 3.50. The molecule has 5 nitrogen and oxygen atoms in total. The lowest BCUT2D eigenvalue weighted by Crippen LogP contribution is -2.39. The molecule has 0 spiro atoms. The maximum Gasteiger partial charge on any atom is 0.241 e. The first-order chi connectivity index (χ1) is 11.5. The lowest BCUT2D eigenvalue weighted by Gasteiger charge is -2.29. The Kier molecular flexibility index (Phi) is 5.47. The highest BCUT2D eigenvalue weighted by Gasteiger charge is 2.29. The molecule has 1 fully saturated rings. The van der Waals surface area contributed by atoms with Gasteiger partial charge < -0.3 is 9.47 Å². The minimum atomic E-state index is -3.50. The van der Waals surface area contributed by atoms with E-state index in [1.165, 1.54) is 0 Å². The number of hydrogen-bond acceptors (Lipinski definition) is 4. The Morgan fingerprint density at radius 1 is 1.00 bits per heavy atom. The van der Waals surface area contributed by atoms with Crippen molar-refractivity contribution in [2.45, 2.75) is 68.4 Å². The van der Waals surface area contributed by atoms with Gasteiger partial charge in [0.25, 0.3) is 0 Å². The van der Waals surface area contributed by atoms with Gasteiger partial charge in [-0.05, 0) is 74.6 Å². The zero-order valence-corrected chi connectivity index (χ0v) is 15.3. The monoisotopic (exact) mass is 353 g/mol. The fraction of sp³-hybridized carbons (Fsp3) is 0.667. The molecule has 0 atom stereocenters. The van der Waals surface area contributed by atoms with E-state index >= 15 is 0 Å². The molecule has 6 heteroatoms. The largest absolute Gasteiger partial charge is 0.496 e. The molecule has 2 aliphatic rings. The van der Waals surface area contributed by atoms with Crippen molar-refractivity contribution in [3.8, 4) is 5.75 Å². The molecule has 0 heterocycles. The highest BCUT2D eigenvalue weighted by atomic mass is 32.2. The first kappa shape index (κ1) is 17.7. The van der Waals surface area contributed by atoms with Crippen LogP contribution in [0.3, 0.4) is 0 Å². The molecule has 3 rings (SSSR count). The van der Waals surface area contributed by atoms with Crippen LogP contribution < -0.4 is 9.46 Å². The minimum absolute atomic E-state index is 0.00254. The summed E-state index contributed by atoms with van der Waals surface area (Å²) in [5, 5.41) is 0. The maximum atomic E-state index is 12.9. The van der Waals surface area contributed by atoms with Crippen molar-refractivity contribution >= 4 is 10.0 Å². The second-order valence-electron chi connectivity index (χ2n) is 6.76. The number of fused-ring (bicyclic) bond motifs is 1. The molecule has 0 aliphatic heterocycles. The van der Waals surface area contributed by atoms with E-state index in [0.29, 0.717) is 4.90 Å². The van der Waals surface area contributed by atoms with Crippen molar-refractivity contribution in [2.75, 3.05) is 14.2 Å². The van der Waals surface area contributed by atoms with Gasteiger partial charge in [-0.2, -0.15) is 0 Å². The number of hydrogen-bond donors (Lipinski definition) is 1. The molecule has 24 heavy (non-hydrogen) atoms. The van der Waals surface area contributed by atoms with E-state index in [4.69, 9.17) is 9.47 Å². The molecule has 1 saturated carbocycles. The minimum Gasteiger partial charge on any atom is -0.496 e. The van der Waals surface area contributed by atoms with E-state index in [-0.39, 0.29) is 12.1 Å². The van der Waals surface area contributed by atoms with Crippen molar-refractivity contribution < 1.29 is 17.9 Å². The average Bonchev–Trinajstić information content (AvgIpc) is 2.61. The van der Waals surface area contributed by atoms with Crippen LogP contribution in [0.1, 0.15) is 49.7 Å². The van der Waals surface area contributed by atoms with Gasteiger partial charge >= 0.3 is 0 Å². The van der Waals surface area contributed by atoms with E-state index in [1.54, 1.807) is 26.4 Å². The summed E-state index contributed by atoms with van der Waals surface area (Å²) < 4.78 is 39.6. The molecular formula is C18H27NO4S. The summed E-state index contributed by atoms with van der Waals surface area (Å²) in [5.41, 5.74) is 2.01. The van der Waals surface area contributed by atoms with Gasteiger partial charge in [0.1, 0.15) is 5.75 Å². The van der Waals surface area contributed by atoms with Crippen LogP contribution in [-0.4, -0.2) is 34.8 Å². The van der Waals surface area contributed by atoms with E-state index in [2.05, 4.69) is 4.72 Å². The maximum absolute atomic E-state index is 12.9. The number of nitrogens with one attached hydrogen (secondary N) is 1. The topological polar surface area (TPSA) is 64.6 Å². The van der Waals surface area contributed by atoms with Gasteiger partial charge in [-0.15, -0.1) is 0 Å². The van der Waals surface area contributed by atoms with Crippen molar-refractivity contribution in [3.63, 3.8) is 0 Å². The molecular weight excluding hydrogens is 326 g/mol. The molecule has 0 unspecified atom stereocenters. The molecule has 1 N–H and O–H groups in total. The SMILES string of the molecule is COc1ccc(S(=O)(=O)NC2CCC(OC)CC2)c2c1CCCC2. The number of ether oxygens (including phenoxy) is 2. The second kappa shape index (κ2) is 7.42. The molecule has 1 aromatic carbocycles. The van der Waals surface area contributed by atoms with E-state index < -0.39 is 10.0 Å². The number of rotatable bonds is 5. The third-order valence-corrected chi connectivity index (χ3v) is 6.89. The van der Waals surface area contributed by atoms with Crippen LogP contribution in [0.25, 0.3) is 0 Å². The van der Waals surface area contributed by atoms with E-state index in [9.17, 15) is 8.42 Å². The fourth-order valence-electron chi connectivity index (χ4n) is 3.94. The van der Waals surface area contributed by atoms with Crippen LogP contribution in [0.5, 0.6) is 5.75 Å². The molecule has 2 aliphatic carbocycles. The lowest BCUT2D eigenvalue weighted by atomic mass is 9.91. The van der Waals surface area contributed by atoms with Gasteiger partial charge in [0.05, 0.1) is 18.1 Å². The first-order valence-electron chi connectivity index (χ1n) is 8.79. The van der Waals surface area contributed by atoms with Crippen molar-refractivity contribution in [1.82, 2.24) is 4.72 Å². The molecule has 0 bridgehead atoms. The Morgan fingerprint density at radius 3 is 2.29 bits per heavy atom. The predicted molar refractivity (Wildman–Crippen MR) is 93.0 cm³/mol. The van der Waals surface area contributed by atoms with E-state index in [0.717, 1.165) is 68.2 Å². The summed E-state index contributed by atoms with van der Waals surface area (Å²) in [6.45, 7) is 0. The van der Waals surface area contributed by atoms with Gasteiger partial charge in [0.2, 0.25) is 10.0 Å². The zero-order valence-electron chi connectivity index (χ0n) is 14.5. The molecule has 0 radical (unpaired) electrons. The quantitative estimate of drug-likeness (QED) is 0.884. The third kappa shape index (κ3) is 3.60. The van der Waals surface area contributed by atoms with Gasteiger partial charge in [0.15, 0.2) is 0 Å². The van der Waals surface area contributed by atoms with E-state index in [1.807, 2.05) is 0 Å². The summed E-state index contributed by atoms with van der Waals surface area (Å²) in [5.74, 6) is 0.809. The van der Waals surface area contributed by atoms with Gasteiger partial charge in [-0.1, -0.05) is 0 Å². The lowest BCUT2D eigenvalue weighted by molar-refractivity contribution is 0.0649. The third-order valence-electron chi connectivity index (χ3n) is 5.29. The predicted octanol–water partition coefficient (Wildman–Crippen LogP) is 2.81. The molecule has 0 saturated heterocycles. The van der Waals surface area contributed by atoms with Crippen LogP contribution in [0.15, 0.2) is 17.0 Å². The first-order valence-corrected chi connectivity index (χ1v) is 10.3. The van der Waals surface area contributed by atoms with Gasteiger partial charge in [-0.25, -0.2) is 13.1 Å². The normalized spacial score (nSPS) is 24.4. The molecule has 134 valence electrons. The summed E-state index contributed by atoms with van der Waals surface area (Å²) in [4.78, 5) is 0.437. The molecule has 0 aromatic heterocycles. The number of sulfonamides is 1. The van der Waals surface area contributed by atoms with Crippen molar-refractivity contribution in [3.05, 3.63) is 23.3 Å². The Labute approximate surface area is 144 Å². The molecule has 1 aromatic rings. The highest BCUT2D eigenvalue weighted by molar-refractivity contribution is 7.89. The summed E-state index contributed by atoms with van der Waals surface area (Å²) >= 11 is 0. The Morgan fingerprint density at radius 2 is 1.67 bits per heavy atom. The second-order valence-corrected chi connectivity index (χ2v) is 8.44. The number of benzene rings is 1. The van der Waals surface area contributed by atoms with Crippen LogP contribution in [0, 0.1) is 0 Å². The van der Waals surface area contributed by atoms with Gasteiger partial charge in [-0.3, -0.25) is 0 Å². The Bertz CT molecular complexity index is 679. The average molecular weight is 353 g/mol.